The highest BCUT2D eigenvalue weighted by atomic mass is 16.2. The normalized spacial score (nSPS) is 16.1. The lowest BCUT2D eigenvalue weighted by Crippen LogP contribution is -2.44. The maximum absolute atomic E-state index is 13.3. The van der Waals surface area contributed by atoms with Gasteiger partial charge in [0.05, 0.1) is 6.04 Å². The molecule has 0 bridgehead atoms. The predicted octanol–water partition coefficient (Wildman–Crippen LogP) is 5.05. The van der Waals surface area contributed by atoms with Gasteiger partial charge in [-0.2, -0.15) is 0 Å². The molecule has 3 aromatic rings. The van der Waals surface area contributed by atoms with Gasteiger partial charge in [0.15, 0.2) is 0 Å². The first-order valence-corrected chi connectivity index (χ1v) is 9.40. The zero-order valence-corrected chi connectivity index (χ0v) is 16.1. The van der Waals surface area contributed by atoms with E-state index in [4.69, 9.17) is 0 Å². The van der Waals surface area contributed by atoms with Gasteiger partial charge in [0, 0.05) is 30.7 Å². The number of carbonyl (C=O) groups excluding carboxylic acids is 1. The zero-order chi connectivity index (χ0) is 19.0. The fourth-order valence-electron chi connectivity index (χ4n) is 4.01. The Labute approximate surface area is 160 Å². The molecular weight excluding hydrogens is 334 g/mol. The van der Waals surface area contributed by atoms with Crippen molar-refractivity contribution >= 4 is 11.7 Å². The van der Waals surface area contributed by atoms with E-state index < -0.39 is 0 Å². The predicted molar refractivity (Wildman–Crippen MR) is 109 cm³/mol. The number of anilines is 1. The van der Waals surface area contributed by atoms with Crippen molar-refractivity contribution in [2.24, 2.45) is 0 Å². The van der Waals surface area contributed by atoms with E-state index in [1.165, 1.54) is 11.1 Å². The average Bonchev–Trinajstić information content (AvgIpc) is 3.13. The van der Waals surface area contributed by atoms with Gasteiger partial charge in [-0.25, -0.2) is 4.79 Å². The summed E-state index contributed by atoms with van der Waals surface area (Å²) >= 11 is 0. The van der Waals surface area contributed by atoms with E-state index >= 15 is 0 Å². The number of urea groups is 1. The standard InChI is InChI=1S/C23H25N3O/c1-16-8-4-5-11-19(16)22-20-12-7-13-25(20)14-15-26(22)23(27)24-21-17(2)9-6-10-18(21)3/h4-13,22H,14-15H2,1-3H3,(H,24,27). The molecule has 1 atom stereocenters. The molecule has 2 amide bonds. The number of nitrogens with zero attached hydrogens (tertiary/aromatic N) is 2. The number of benzene rings is 2. The summed E-state index contributed by atoms with van der Waals surface area (Å²) in [4.78, 5) is 15.3. The molecule has 2 heterocycles. The van der Waals surface area contributed by atoms with Crippen molar-refractivity contribution in [1.29, 1.82) is 0 Å². The second kappa shape index (κ2) is 6.95. The van der Waals surface area contributed by atoms with Gasteiger partial charge in [-0.1, -0.05) is 42.5 Å². The van der Waals surface area contributed by atoms with E-state index in [2.05, 4.69) is 47.3 Å². The summed E-state index contributed by atoms with van der Waals surface area (Å²) in [5.41, 5.74) is 6.60. The van der Waals surface area contributed by atoms with E-state index in [0.717, 1.165) is 29.1 Å². The van der Waals surface area contributed by atoms with Crippen molar-refractivity contribution < 1.29 is 4.79 Å². The van der Waals surface area contributed by atoms with Crippen LogP contribution in [0.5, 0.6) is 0 Å². The Bertz CT molecular complexity index is 969. The molecular formula is C23H25N3O. The molecule has 2 aromatic carbocycles. The first kappa shape index (κ1) is 17.4. The molecule has 0 fully saturated rings. The molecule has 1 aliphatic rings. The van der Waals surface area contributed by atoms with Crippen LogP contribution < -0.4 is 5.32 Å². The molecule has 1 unspecified atom stereocenters. The fourth-order valence-corrected chi connectivity index (χ4v) is 4.01. The van der Waals surface area contributed by atoms with Crippen LogP contribution in [0.3, 0.4) is 0 Å². The summed E-state index contributed by atoms with van der Waals surface area (Å²) in [6.45, 7) is 7.66. The van der Waals surface area contributed by atoms with Crippen LogP contribution in [0, 0.1) is 20.8 Å². The van der Waals surface area contributed by atoms with Crippen LogP contribution in [0.15, 0.2) is 60.8 Å². The lowest BCUT2D eigenvalue weighted by molar-refractivity contribution is 0.181. The maximum atomic E-state index is 13.3. The minimum atomic E-state index is -0.0840. The van der Waals surface area contributed by atoms with Gasteiger partial charge in [-0.15, -0.1) is 0 Å². The number of hydrogen-bond donors (Lipinski definition) is 1. The Morgan fingerprint density at radius 1 is 0.889 bits per heavy atom. The lowest BCUT2D eigenvalue weighted by Gasteiger charge is -2.38. The van der Waals surface area contributed by atoms with Gasteiger partial charge in [0.1, 0.15) is 0 Å². The zero-order valence-electron chi connectivity index (χ0n) is 16.1. The summed E-state index contributed by atoms with van der Waals surface area (Å²) in [6, 6.07) is 18.5. The second-order valence-electron chi connectivity index (χ2n) is 7.28. The molecule has 138 valence electrons. The Kier molecular flexibility index (Phi) is 4.48. The number of fused-ring (bicyclic) bond motifs is 1. The maximum Gasteiger partial charge on any atom is 0.322 e. The minimum absolute atomic E-state index is 0.0481. The Morgan fingerprint density at radius 2 is 1.59 bits per heavy atom. The molecule has 0 spiro atoms. The molecule has 27 heavy (non-hydrogen) atoms. The van der Waals surface area contributed by atoms with Crippen LogP contribution in [0.4, 0.5) is 10.5 Å². The average molecular weight is 359 g/mol. The van der Waals surface area contributed by atoms with Gasteiger partial charge in [0.2, 0.25) is 0 Å². The summed E-state index contributed by atoms with van der Waals surface area (Å²) in [5.74, 6) is 0. The fraction of sp³-hybridized carbons (Fsp3) is 0.261. The Hall–Kier alpha value is -3.01. The number of amides is 2. The first-order valence-electron chi connectivity index (χ1n) is 9.40. The SMILES string of the molecule is Cc1ccccc1C1c2cccn2CCN1C(=O)Nc1c(C)cccc1C. The van der Waals surface area contributed by atoms with Crippen molar-refractivity contribution in [3.63, 3.8) is 0 Å². The van der Waals surface area contributed by atoms with Crippen molar-refractivity contribution in [1.82, 2.24) is 9.47 Å². The summed E-state index contributed by atoms with van der Waals surface area (Å²) in [6.07, 6.45) is 2.10. The molecule has 0 radical (unpaired) electrons. The third-order valence-corrected chi connectivity index (χ3v) is 5.50. The van der Waals surface area contributed by atoms with Crippen LogP contribution in [0.2, 0.25) is 0 Å². The molecule has 4 heteroatoms. The highest BCUT2D eigenvalue weighted by Gasteiger charge is 2.33. The van der Waals surface area contributed by atoms with Crippen LogP contribution >= 0.6 is 0 Å². The van der Waals surface area contributed by atoms with Crippen molar-refractivity contribution in [3.05, 3.63) is 88.7 Å². The summed E-state index contributed by atoms with van der Waals surface area (Å²) in [5, 5.41) is 3.17. The highest BCUT2D eigenvalue weighted by molar-refractivity contribution is 5.91. The Balaban J connectivity index is 1.73. The van der Waals surface area contributed by atoms with E-state index in [9.17, 15) is 4.79 Å². The number of para-hydroxylation sites is 1. The largest absolute Gasteiger partial charge is 0.348 e. The van der Waals surface area contributed by atoms with Crippen molar-refractivity contribution in [2.75, 3.05) is 11.9 Å². The topological polar surface area (TPSA) is 37.3 Å². The minimum Gasteiger partial charge on any atom is -0.348 e. The molecule has 1 N–H and O–H groups in total. The number of aromatic nitrogens is 1. The Morgan fingerprint density at radius 3 is 2.33 bits per heavy atom. The van der Waals surface area contributed by atoms with E-state index in [-0.39, 0.29) is 12.1 Å². The lowest BCUT2D eigenvalue weighted by atomic mass is 9.96. The number of hydrogen-bond acceptors (Lipinski definition) is 1. The quantitative estimate of drug-likeness (QED) is 0.683. The van der Waals surface area contributed by atoms with Gasteiger partial charge in [-0.05, 0) is 55.2 Å². The molecule has 0 saturated heterocycles. The van der Waals surface area contributed by atoms with Crippen LogP contribution in [-0.4, -0.2) is 22.0 Å². The second-order valence-corrected chi connectivity index (χ2v) is 7.28. The molecule has 0 saturated carbocycles. The van der Waals surface area contributed by atoms with E-state index in [1.54, 1.807) is 0 Å². The van der Waals surface area contributed by atoms with Gasteiger partial charge < -0.3 is 14.8 Å². The molecule has 1 aromatic heterocycles. The van der Waals surface area contributed by atoms with Crippen molar-refractivity contribution in [2.45, 2.75) is 33.4 Å². The van der Waals surface area contributed by atoms with Crippen LogP contribution in [-0.2, 0) is 6.54 Å². The third kappa shape index (κ3) is 3.12. The monoisotopic (exact) mass is 359 g/mol. The number of nitrogens with one attached hydrogen (secondary N) is 1. The van der Waals surface area contributed by atoms with Gasteiger partial charge >= 0.3 is 6.03 Å². The smallest absolute Gasteiger partial charge is 0.322 e. The number of rotatable bonds is 2. The molecule has 1 aliphatic heterocycles. The molecule has 4 nitrogen and oxygen atoms in total. The molecule has 4 rings (SSSR count). The van der Waals surface area contributed by atoms with Crippen LogP contribution in [0.1, 0.15) is 34.0 Å². The van der Waals surface area contributed by atoms with Gasteiger partial charge in [0.25, 0.3) is 0 Å². The summed E-state index contributed by atoms with van der Waals surface area (Å²) < 4.78 is 2.25. The summed E-state index contributed by atoms with van der Waals surface area (Å²) in [7, 11) is 0. The highest BCUT2D eigenvalue weighted by Crippen LogP contribution is 2.34. The number of carbonyl (C=O) groups is 1. The van der Waals surface area contributed by atoms with E-state index in [0.29, 0.717) is 6.54 Å². The van der Waals surface area contributed by atoms with E-state index in [1.807, 2.05) is 49.1 Å². The van der Waals surface area contributed by atoms with Crippen LogP contribution in [0.25, 0.3) is 0 Å². The van der Waals surface area contributed by atoms with Crippen molar-refractivity contribution in [3.8, 4) is 0 Å². The molecule has 0 aliphatic carbocycles. The first-order chi connectivity index (χ1) is 13.1. The van der Waals surface area contributed by atoms with Gasteiger partial charge in [-0.3, -0.25) is 0 Å². The third-order valence-electron chi connectivity index (χ3n) is 5.50. The number of aryl methyl sites for hydroxylation is 3.